The zero-order chi connectivity index (χ0) is 23.8. The molecule has 1 fully saturated rings. The molecule has 1 saturated heterocycles. The molecule has 0 atom stereocenters. The normalized spacial score (nSPS) is 15.8. The first-order valence-corrected chi connectivity index (χ1v) is 13.1. The predicted octanol–water partition coefficient (Wildman–Crippen LogP) is 4.35. The van der Waals surface area contributed by atoms with Crippen molar-refractivity contribution in [1.29, 1.82) is 0 Å². The van der Waals surface area contributed by atoms with Crippen LogP contribution in [0.25, 0.3) is 10.9 Å². The second kappa shape index (κ2) is 9.15. The van der Waals surface area contributed by atoms with Crippen LogP contribution in [0.1, 0.15) is 43.7 Å². The van der Waals surface area contributed by atoms with E-state index in [1.54, 1.807) is 18.3 Å². The van der Waals surface area contributed by atoms with Gasteiger partial charge in [0.1, 0.15) is 5.75 Å². The number of phenolic OH excluding ortho intramolecular Hbond substituents is 1. The van der Waals surface area contributed by atoms with E-state index in [-0.39, 0.29) is 11.7 Å². The zero-order valence-corrected chi connectivity index (χ0v) is 20.3. The van der Waals surface area contributed by atoms with Crippen LogP contribution in [-0.4, -0.2) is 53.8 Å². The minimum atomic E-state index is -3.39. The monoisotopic (exact) mass is 469 g/mol. The minimum Gasteiger partial charge on any atom is -0.508 e. The van der Waals surface area contributed by atoms with Gasteiger partial charge in [0.2, 0.25) is 16.0 Å². The van der Waals surface area contributed by atoms with Gasteiger partial charge in [-0.2, -0.15) is 0 Å². The van der Waals surface area contributed by atoms with Crippen molar-refractivity contribution in [3.8, 4) is 5.75 Å². The van der Waals surface area contributed by atoms with Crippen molar-refractivity contribution >= 4 is 38.2 Å². The second-order valence-electron chi connectivity index (χ2n) is 9.06. The number of phenols is 1. The number of aromatic hydroxyl groups is 1. The molecule has 33 heavy (non-hydrogen) atoms. The first-order chi connectivity index (χ1) is 15.6. The van der Waals surface area contributed by atoms with Crippen LogP contribution in [0.5, 0.6) is 5.75 Å². The van der Waals surface area contributed by atoms with E-state index < -0.39 is 10.0 Å². The van der Waals surface area contributed by atoms with Crippen molar-refractivity contribution in [2.24, 2.45) is 0 Å². The lowest BCUT2D eigenvalue weighted by atomic mass is 9.87. The molecular weight excluding hydrogens is 438 g/mol. The van der Waals surface area contributed by atoms with E-state index in [1.165, 1.54) is 0 Å². The van der Waals surface area contributed by atoms with E-state index in [0.717, 1.165) is 54.2 Å². The van der Waals surface area contributed by atoms with Crippen LogP contribution in [0.2, 0.25) is 0 Å². The molecule has 2 aromatic carbocycles. The smallest absolute Gasteiger partial charge is 0.229 e. The fourth-order valence-corrected chi connectivity index (χ4v) is 5.03. The van der Waals surface area contributed by atoms with E-state index in [1.807, 2.05) is 25.1 Å². The number of rotatable bonds is 6. The summed E-state index contributed by atoms with van der Waals surface area (Å²) in [6.07, 6.45) is 4.81. The third-order valence-electron chi connectivity index (χ3n) is 6.23. The summed E-state index contributed by atoms with van der Waals surface area (Å²) in [4.78, 5) is 11.6. The van der Waals surface area contributed by atoms with Gasteiger partial charge < -0.3 is 15.3 Å². The summed E-state index contributed by atoms with van der Waals surface area (Å²) in [6.45, 7) is 8.25. The molecule has 0 unspecified atom stereocenters. The zero-order valence-electron chi connectivity index (χ0n) is 19.5. The Morgan fingerprint density at radius 2 is 1.88 bits per heavy atom. The Kier molecular flexibility index (Phi) is 6.45. The number of hydrogen-bond acceptors (Lipinski definition) is 7. The second-order valence-corrected chi connectivity index (χ2v) is 10.8. The van der Waals surface area contributed by atoms with E-state index in [9.17, 15) is 13.5 Å². The summed E-state index contributed by atoms with van der Waals surface area (Å²) in [5.41, 5.74) is 3.60. The molecule has 2 heterocycles. The Hall–Kier alpha value is -2.91. The maximum atomic E-state index is 11.7. The van der Waals surface area contributed by atoms with Crippen molar-refractivity contribution in [2.75, 3.05) is 29.4 Å². The molecule has 0 aliphatic carbocycles. The molecular formula is C24H31N5O3S. The van der Waals surface area contributed by atoms with Gasteiger partial charge in [0.05, 0.1) is 17.5 Å². The maximum absolute atomic E-state index is 11.7. The van der Waals surface area contributed by atoms with Gasteiger partial charge in [-0.1, -0.05) is 6.07 Å². The van der Waals surface area contributed by atoms with Crippen molar-refractivity contribution < 1.29 is 13.5 Å². The predicted molar refractivity (Wildman–Crippen MR) is 133 cm³/mol. The van der Waals surface area contributed by atoms with Crippen molar-refractivity contribution in [2.45, 2.75) is 45.6 Å². The number of anilines is 3. The molecule has 176 valence electrons. The molecule has 9 heteroatoms. The topological polar surface area (TPSA) is 107 Å². The van der Waals surface area contributed by atoms with Gasteiger partial charge in [-0.05, 0) is 82.4 Å². The average Bonchev–Trinajstić information content (AvgIpc) is 2.75. The molecule has 0 amide bonds. The van der Waals surface area contributed by atoms with E-state index in [2.05, 4.69) is 33.8 Å². The van der Waals surface area contributed by atoms with Gasteiger partial charge in [-0.25, -0.2) is 18.4 Å². The Labute approximate surface area is 195 Å². The van der Waals surface area contributed by atoms with Gasteiger partial charge in [-0.3, -0.25) is 4.72 Å². The molecule has 0 spiro atoms. The van der Waals surface area contributed by atoms with Crippen LogP contribution in [0.4, 0.5) is 17.3 Å². The molecule has 1 aliphatic rings. The summed E-state index contributed by atoms with van der Waals surface area (Å²) in [5, 5.41) is 14.8. The highest BCUT2D eigenvalue weighted by atomic mass is 32.2. The highest BCUT2D eigenvalue weighted by Gasteiger charge is 2.26. The highest BCUT2D eigenvalue weighted by molar-refractivity contribution is 7.92. The molecule has 0 radical (unpaired) electrons. The number of nitrogens with one attached hydrogen (secondary N) is 2. The van der Waals surface area contributed by atoms with Crippen molar-refractivity contribution in [3.05, 3.63) is 47.7 Å². The third-order valence-corrected chi connectivity index (χ3v) is 6.82. The van der Waals surface area contributed by atoms with Crippen LogP contribution in [0.15, 0.2) is 36.5 Å². The number of aromatic nitrogens is 2. The SMILES string of the molecule is Cc1ccc(Nc2ncc3ccc(O)c(C4CCN(C(C)C)CC4)c3n2)cc1NS(C)(=O)=O. The Balaban J connectivity index is 1.65. The molecule has 3 N–H and O–H groups in total. The van der Waals surface area contributed by atoms with E-state index >= 15 is 0 Å². The summed E-state index contributed by atoms with van der Waals surface area (Å²) in [5.74, 6) is 0.893. The van der Waals surface area contributed by atoms with Gasteiger partial charge in [0.15, 0.2) is 0 Å². The number of sulfonamides is 1. The number of fused-ring (bicyclic) bond motifs is 1. The van der Waals surface area contributed by atoms with Crippen LogP contribution in [-0.2, 0) is 10.0 Å². The standard InChI is InChI=1S/C24H31N5O3S/c1-15(2)29-11-9-17(10-12-29)22-21(30)8-6-18-14-25-24(27-23(18)22)26-19-7-5-16(3)20(13-19)28-33(4,31)32/h5-8,13-15,17,28,30H,9-12H2,1-4H3,(H,25,26,27). The number of benzene rings is 2. The Bertz CT molecular complexity index is 1270. The van der Waals surface area contributed by atoms with Gasteiger partial charge in [-0.15, -0.1) is 0 Å². The fraction of sp³-hybridized carbons (Fsp3) is 0.417. The molecule has 0 saturated carbocycles. The van der Waals surface area contributed by atoms with Crippen molar-refractivity contribution in [3.63, 3.8) is 0 Å². The highest BCUT2D eigenvalue weighted by Crippen LogP contribution is 2.38. The first kappa shape index (κ1) is 23.3. The van der Waals surface area contributed by atoms with Crippen LogP contribution < -0.4 is 10.0 Å². The first-order valence-electron chi connectivity index (χ1n) is 11.2. The molecule has 1 aliphatic heterocycles. The van der Waals surface area contributed by atoms with E-state index in [0.29, 0.717) is 23.4 Å². The molecule has 3 aromatic rings. The minimum absolute atomic E-state index is 0.233. The maximum Gasteiger partial charge on any atom is 0.229 e. The van der Waals surface area contributed by atoms with Crippen molar-refractivity contribution in [1.82, 2.24) is 14.9 Å². The third kappa shape index (κ3) is 5.36. The lowest BCUT2D eigenvalue weighted by molar-refractivity contribution is 0.171. The number of likely N-dealkylation sites (tertiary alicyclic amines) is 1. The largest absolute Gasteiger partial charge is 0.508 e. The lowest BCUT2D eigenvalue weighted by Crippen LogP contribution is -2.37. The lowest BCUT2D eigenvalue weighted by Gasteiger charge is -2.35. The van der Waals surface area contributed by atoms with Gasteiger partial charge >= 0.3 is 0 Å². The summed E-state index contributed by atoms with van der Waals surface area (Å²) in [6, 6.07) is 9.47. The fourth-order valence-electron chi connectivity index (χ4n) is 4.41. The van der Waals surface area contributed by atoms with Crippen LogP contribution >= 0.6 is 0 Å². The number of hydrogen-bond donors (Lipinski definition) is 3. The van der Waals surface area contributed by atoms with Gasteiger partial charge in [0.25, 0.3) is 0 Å². The molecule has 1 aromatic heterocycles. The number of aryl methyl sites for hydroxylation is 1. The molecule has 4 rings (SSSR count). The Morgan fingerprint density at radius 3 is 2.55 bits per heavy atom. The van der Waals surface area contributed by atoms with Gasteiger partial charge in [0, 0.05) is 28.9 Å². The molecule has 8 nitrogen and oxygen atoms in total. The van der Waals surface area contributed by atoms with Crippen LogP contribution in [0.3, 0.4) is 0 Å². The number of piperidine rings is 1. The Morgan fingerprint density at radius 1 is 1.15 bits per heavy atom. The number of nitrogens with zero attached hydrogens (tertiary/aromatic N) is 3. The average molecular weight is 470 g/mol. The molecule has 0 bridgehead atoms. The summed E-state index contributed by atoms with van der Waals surface area (Å²) in [7, 11) is -3.39. The van der Waals surface area contributed by atoms with E-state index in [4.69, 9.17) is 4.98 Å². The summed E-state index contributed by atoms with van der Waals surface area (Å²) >= 11 is 0. The summed E-state index contributed by atoms with van der Waals surface area (Å²) < 4.78 is 25.9. The van der Waals surface area contributed by atoms with Crippen LogP contribution in [0, 0.1) is 6.92 Å². The quantitative estimate of drug-likeness (QED) is 0.493.